The second-order valence-electron chi connectivity index (χ2n) is 10.2. The normalized spacial score (nSPS) is 14.0. The molecule has 0 fully saturated rings. The average Bonchev–Trinajstić information content (AvgIpc) is 3.31. The van der Waals surface area contributed by atoms with Crippen molar-refractivity contribution in [3.63, 3.8) is 0 Å². The van der Waals surface area contributed by atoms with Crippen LogP contribution < -0.4 is 8.92 Å². The molecular formula is C26H28F4N4O7S. The Morgan fingerprint density at radius 3 is 2.40 bits per heavy atom. The highest BCUT2D eigenvalue weighted by atomic mass is 32.2. The van der Waals surface area contributed by atoms with Crippen molar-refractivity contribution in [1.82, 2.24) is 19.7 Å². The molecule has 0 unspecified atom stereocenters. The summed E-state index contributed by atoms with van der Waals surface area (Å²) in [6.45, 7) is 6.10. The van der Waals surface area contributed by atoms with Crippen molar-refractivity contribution < 1.29 is 49.2 Å². The van der Waals surface area contributed by atoms with E-state index in [1.54, 1.807) is 31.5 Å². The number of ether oxygens (including phenoxy) is 3. The lowest BCUT2D eigenvalue weighted by Gasteiger charge is -2.30. The van der Waals surface area contributed by atoms with Crippen LogP contribution in [0.1, 0.15) is 26.5 Å². The SMILES string of the molecule is COCCOc1cc(F)ccc1-c1ccc(OS(=O)(=O)C(F)(F)F)nc1-c1cc2n(n1)CCN(C(=O)OC(C)(C)C)C2. The van der Waals surface area contributed by atoms with E-state index < -0.39 is 39.0 Å². The smallest absolute Gasteiger partial charge is 0.490 e. The van der Waals surface area contributed by atoms with Gasteiger partial charge in [0.1, 0.15) is 35.2 Å². The van der Waals surface area contributed by atoms with Gasteiger partial charge >= 0.3 is 21.7 Å². The fourth-order valence-corrected chi connectivity index (χ4v) is 4.41. The molecule has 1 amide bonds. The van der Waals surface area contributed by atoms with Crippen LogP contribution in [0.5, 0.6) is 11.6 Å². The number of aromatic nitrogens is 3. The van der Waals surface area contributed by atoms with Crippen molar-refractivity contribution >= 4 is 16.2 Å². The molecule has 1 aromatic carbocycles. The van der Waals surface area contributed by atoms with Crippen molar-refractivity contribution in [2.75, 3.05) is 26.9 Å². The third-order valence-electron chi connectivity index (χ3n) is 5.82. The molecule has 0 radical (unpaired) electrons. The minimum Gasteiger partial charge on any atom is -0.490 e. The van der Waals surface area contributed by atoms with Crippen molar-refractivity contribution in [2.24, 2.45) is 0 Å². The lowest BCUT2D eigenvalue weighted by atomic mass is 10.0. The highest BCUT2D eigenvalue weighted by molar-refractivity contribution is 7.87. The van der Waals surface area contributed by atoms with Crippen LogP contribution in [0, 0.1) is 5.82 Å². The first kappa shape index (κ1) is 31.0. The summed E-state index contributed by atoms with van der Waals surface area (Å²) in [7, 11) is -4.57. The van der Waals surface area contributed by atoms with Gasteiger partial charge in [-0.3, -0.25) is 4.68 Å². The first-order valence-corrected chi connectivity index (χ1v) is 14.0. The quantitative estimate of drug-likeness (QED) is 0.153. The molecule has 1 aliphatic rings. The van der Waals surface area contributed by atoms with Crippen LogP contribution in [0.3, 0.4) is 0 Å². The lowest BCUT2D eigenvalue weighted by molar-refractivity contribution is -0.0501. The average molecular weight is 617 g/mol. The molecule has 228 valence electrons. The van der Waals surface area contributed by atoms with E-state index in [2.05, 4.69) is 14.3 Å². The summed E-state index contributed by atoms with van der Waals surface area (Å²) in [4.78, 5) is 18.2. The van der Waals surface area contributed by atoms with Gasteiger partial charge in [0.05, 0.1) is 25.4 Å². The molecule has 0 bridgehead atoms. The van der Waals surface area contributed by atoms with Gasteiger partial charge in [-0.05, 0) is 45.0 Å². The van der Waals surface area contributed by atoms with E-state index in [4.69, 9.17) is 14.2 Å². The Labute approximate surface area is 239 Å². The molecule has 0 spiro atoms. The van der Waals surface area contributed by atoms with Crippen LogP contribution in [0.25, 0.3) is 22.5 Å². The summed E-state index contributed by atoms with van der Waals surface area (Å²) < 4.78 is 98.5. The number of benzene rings is 1. The number of halogens is 4. The summed E-state index contributed by atoms with van der Waals surface area (Å²) in [5.41, 5.74) is -5.26. The fraction of sp³-hybridized carbons (Fsp3) is 0.423. The second kappa shape index (κ2) is 11.8. The van der Waals surface area contributed by atoms with Crippen molar-refractivity contribution in [3.05, 3.63) is 47.9 Å². The topological polar surface area (TPSA) is 122 Å². The van der Waals surface area contributed by atoms with Gasteiger partial charge in [-0.1, -0.05) is 0 Å². The molecule has 16 heteroatoms. The predicted molar refractivity (Wildman–Crippen MR) is 140 cm³/mol. The summed E-state index contributed by atoms with van der Waals surface area (Å²) >= 11 is 0. The first-order valence-electron chi connectivity index (χ1n) is 12.6. The number of pyridine rings is 1. The number of rotatable bonds is 8. The number of amides is 1. The molecule has 4 rings (SSSR count). The maximum absolute atomic E-state index is 14.1. The molecule has 1 aliphatic heterocycles. The van der Waals surface area contributed by atoms with E-state index in [0.717, 1.165) is 18.2 Å². The van der Waals surface area contributed by atoms with Gasteiger partial charge in [0.2, 0.25) is 5.88 Å². The van der Waals surface area contributed by atoms with E-state index in [1.807, 2.05) is 0 Å². The molecule has 0 aliphatic carbocycles. The predicted octanol–water partition coefficient (Wildman–Crippen LogP) is 4.76. The molecule has 0 atom stereocenters. The highest BCUT2D eigenvalue weighted by Crippen LogP contribution is 2.39. The molecule has 3 aromatic rings. The number of carbonyl (C=O) groups is 1. The van der Waals surface area contributed by atoms with Crippen LogP contribution in [-0.2, 0) is 32.7 Å². The molecular weight excluding hydrogens is 588 g/mol. The first-order chi connectivity index (χ1) is 19.6. The molecule has 0 saturated carbocycles. The molecule has 2 aromatic heterocycles. The molecule has 3 heterocycles. The maximum atomic E-state index is 14.1. The zero-order valence-electron chi connectivity index (χ0n) is 23.1. The Kier molecular flexibility index (Phi) is 8.68. The number of hydrogen-bond acceptors (Lipinski definition) is 9. The monoisotopic (exact) mass is 616 g/mol. The summed E-state index contributed by atoms with van der Waals surface area (Å²) in [6.07, 6.45) is -0.535. The fourth-order valence-electron chi connectivity index (χ4n) is 4.00. The Morgan fingerprint density at radius 1 is 1.02 bits per heavy atom. The van der Waals surface area contributed by atoms with Gasteiger partial charge in [-0.2, -0.15) is 26.7 Å². The van der Waals surface area contributed by atoms with Crippen LogP contribution in [0.2, 0.25) is 0 Å². The van der Waals surface area contributed by atoms with Gasteiger partial charge in [-0.15, -0.1) is 0 Å². The summed E-state index contributed by atoms with van der Waals surface area (Å²) in [5, 5.41) is 4.50. The number of alkyl halides is 3. The van der Waals surface area contributed by atoms with Crippen LogP contribution in [0.15, 0.2) is 36.4 Å². The molecule has 0 saturated heterocycles. The van der Waals surface area contributed by atoms with Gasteiger partial charge in [0, 0.05) is 36.9 Å². The van der Waals surface area contributed by atoms with E-state index in [-0.39, 0.29) is 55.5 Å². The van der Waals surface area contributed by atoms with E-state index in [1.165, 1.54) is 24.1 Å². The van der Waals surface area contributed by atoms with Crippen LogP contribution in [0.4, 0.5) is 22.4 Å². The maximum Gasteiger partial charge on any atom is 0.534 e. The van der Waals surface area contributed by atoms with Crippen LogP contribution in [-0.4, -0.2) is 72.2 Å². The molecule has 11 nitrogen and oxygen atoms in total. The van der Waals surface area contributed by atoms with Gasteiger partial charge in [-0.25, -0.2) is 14.2 Å². The summed E-state index contributed by atoms with van der Waals surface area (Å²) in [5.74, 6) is -1.40. The Bertz CT molecular complexity index is 1570. The lowest BCUT2D eigenvalue weighted by Crippen LogP contribution is -2.41. The molecule has 42 heavy (non-hydrogen) atoms. The minimum atomic E-state index is -6.02. The zero-order chi connectivity index (χ0) is 30.9. The number of hydrogen-bond donors (Lipinski definition) is 0. The van der Waals surface area contributed by atoms with Crippen molar-refractivity contribution in [1.29, 1.82) is 0 Å². The largest absolute Gasteiger partial charge is 0.534 e. The van der Waals surface area contributed by atoms with E-state index in [0.29, 0.717) is 11.3 Å². The number of nitrogens with zero attached hydrogens (tertiary/aromatic N) is 4. The van der Waals surface area contributed by atoms with Crippen molar-refractivity contribution in [2.45, 2.75) is 45.0 Å². The minimum absolute atomic E-state index is 0.0556. The van der Waals surface area contributed by atoms with E-state index >= 15 is 0 Å². The standard InChI is InChI=1S/C26H28F4N4O7S/c1-25(2,3)40-24(35)33-9-10-34-17(15-33)14-20(32-34)23-19(7-8-22(31-23)41-42(36,37)26(28,29)30)18-6-5-16(27)13-21(18)39-12-11-38-4/h5-8,13-14H,9-12,15H2,1-4H3. The van der Waals surface area contributed by atoms with Gasteiger partial charge < -0.3 is 23.3 Å². The van der Waals surface area contributed by atoms with Gasteiger partial charge in [0.15, 0.2) is 0 Å². The second-order valence-corrected chi connectivity index (χ2v) is 11.7. The number of carbonyl (C=O) groups excluding carboxylic acids is 1. The zero-order valence-corrected chi connectivity index (χ0v) is 23.9. The van der Waals surface area contributed by atoms with Gasteiger partial charge in [0.25, 0.3) is 0 Å². The van der Waals surface area contributed by atoms with E-state index in [9.17, 15) is 30.8 Å². The summed E-state index contributed by atoms with van der Waals surface area (Å²) in [6, 6.07) is 7.41. The third-order valence-corrected chi connectivity index (χ3v) is 6.78. The Morgan fingerprint density at radius 2 is 1.74 bits per heavy atom. The number of fused-ring (bicyclic) bond motifs is 1. The highest BCUT2D eigenvalue weighted by Gasteiger charge is 2.49. The van der Waals surface area contributed by atoms with Crippen molar-refractivity contribution in [3.8, 4) is 34.1 Å². The number of methoxy groups -OCH3 is 1. The Hall–Kier alpha value is -3.92. The molecule has 0 N–H and O–H groups in total. The van der Waals surface area contributed by atoms with Crippen LogP contribution >= 0.6 is 0 Å². The Balaban J connectivity index is 1.79. The third kappa shape index (κ3) is 7.10.